The average molecular weight is 407 g/mol. The summed E-state index contributed by atoms with van der Waals surface area (Å²) in [6.07, 6.45) is 3.26. The Morgan fingerprint density at radius 2 is 1.89 bits per heavy atom. The molecule has 4 rings (SSSR count). The number of hydrogen-bond donors (Lipinski definition) is 2. The lowest BCUT2D eigenvalue weighted by molar-refractivity contribution is 0.216. The monoisotopic (exact) mass is 406 g/mol. The Morgan fingerprint density at radius 3 is 2.67 bits per heavy atom. The predicted molar refractivity (Wildman–Crippen MR) is 107 cm³/mol. The topological polar surface area (TPSA) is 67.4 Å². The zero-order valence-corrected chi connectivity index (χ0v) is 16.5. The van der Waals surface area contributed by atoms with Crippen molar-refractivity contribution in [1.82, 2.24) is 5.32 Å². The summed E-state index contributed by atoms with van der Waals surface area (Å²) in [5.41, 5.74) is 1.66. The summed E-state index contributed by atoms with van der Waals surface area (Å²) in [6.45, 7) is 2.80. The lowest BCUT2D eigenvalue weighted by Gasteiger charge is -2.35. The van der Waals surface area contributed by atoms with Crippen LogP contribution in [0.15, 0.2) is 47.4 Å². The first-order chi connectivity index (χ1) is 13.0. The molecule has 2 aromatic carbocycles. The maximum Gasteiger partial charge on any atom is 0.261 e. The highest BCUT2D eigenvalue weighted by atomic mass is 35.5. The van der Waals surface area contributed by atoms with E-state index in [9.17, 15) is 8.42 Å². The fraction of sp³-hybridized carbons (Fsp3) is 0.400. The predicted octanol–water partition coefficient (Wildman–Crippen LogP) is 4.01. The number of hydrogen-bond acceptors (Lipinski definition) is 4. The van der Waals surface area contributed by atoms with Crippen molar-refractivity contribution in [2.75, 3.05) is 24.4 Å². The van der Waals surface area contributed by atoms with Gasteiger partial charge in [0.05, 0.1) is 11.5 Å². The van der Waals surface area contributed by atoms with Crippen LogP contribution in [0.1, 0.15) is 30.7 Å². The first kappa shape index (κ1) is 18.6. The standard InChI is InChI=1S/C20H23ClN2O3S/c21-15-2-1-3-17(12-15)27(24,25)23-16-4-5-20-19(13-16)18(8-11-26-20)14-6-9-22-10-7-14/h1-5,12-14,18,22-23H,6-11H2. The van der Waals surface area contributed by atoms with Crippen molar-refractivity contribution >= 4 is 27.3 Å². The third-order valence-corrected chi connectivity index (χ3v) is 7.02. The zero-order valence-electron chi connectivity index (χ0n) is 14.9. The number of rotatable bonds is 4. The van der Waals surface area contributed by atoms with Crippen LogP contribution in [-0.2, 0) is 10.0 Å². The maximum absolute atomic E-state index is 12.7. The minimum absolute atomic E-state index is 0.152. The largest absolute Gasteiger partial charge is 0.493 e. The normalized spacial score (nSPS) is 20.6. The maximum atomic E-state index is 12.7. The molecule has 27 heavy (non-hydrogen) atoms. The van der Waals surface area contributed by atoms with Gasteiger partial charge in [0.15, 0.2) is 0 Å². The first-order valence-corrected chi connectivity index (χ1v) is 11.1. The summed E-state index contributed by atoms with van der Waals surface area (Å²) in [4.78, 5) is 0.152. The minimum atomic E-state index is -3.69. The van der Waals surface area contributed by atoms with E-state index in [4.69, 9.17) is 16.3 Å². The fourth-order valence-electron chi connectivity index (χ4n) is 4.07. The second kappa shape index (κ2) is 7.70. The van der Waals surface area contributed by atoms with Crippen molar-refractivity contribution in [3.05, 3.63) is 53.1 Å². The number of piperidine rings is 1. The quantitative estimate of drug-likeness (QED) is 0.805. The van der Waals surface area contributed by atoms with Gasteiger partial charge in [-0.1, -0.05) is 17.7 Å². The molecule has 1 atom stereocenters. The van der Waals surface area contributed by atoms with E-state index in [0.717, 1.165) is 50.3 Å². The number of benzene rings is 2. The van der Waals surface area contributed by atoms with Gasteiger partial charge in [-0.2, -0.15) is 0 Å². The van der Waals surface area contributed by atoms with Gasteiger partial charge in [-0.3, -0.25) is 4.72 Å². The van der Waals surface area contributed by atoms with Crippen LogP contribution >= 0.6 is 11.6 Å². The molecule has 7 heteroatoms. The molecule has 1 fully saturated rings. The minimum Gasteiger partial charge on any atom is -0.493 e. The van der Waals surface area contributed by atoms with Crippen molar-refractivity contribution in [1.29, 1.82) is 0 Å². The van der Waals surface area contributed by atoms with Gasteiger partial charge in [0.25, 0.3) is 10.0 Å². The van der Waals surface area contributed by atoms with Gasteiger partial charge in [-0.15, -0.1) is 0 Å². The van der Waals surface area contributed by atoms with E-state index < -0.39 is 10.0 Å². The molecule has 0 spiro atoms. The highest BCUT2D eigenvalue weighted by Crippen LogP contribution is 2.42. The van der Waals surface area contributed by atoms with Gasteiger partial charge in [-0.25, -0.2) is 8.42 Å². The number of nitrogens with one attached hydrogen (secondary N) is 2. The van der Waals surface area contributed by atoms with Gasteiger partial charge in [0.2, 0.25) is 0 Å². The Labute approximate surface area is 165 Å². The molecule has 2 aliphatic heterocycles. The van der Waals surface area contributed by atoms with Crippen LogP contribution in [-0.4, -0.2) is 28.1 Å². The molecule has 1 saturated heterocycles. The van der Waals surface area contributed by atoms with Gasteiger partial charge in [0, 0.05) is 10.7 Å². The van der Waals surface area contributed by atoms with Crippen molar-refractivity contribution in [3.63, 3.8) is 0 Å². The molecule has 0 bridgehead atoms. The molecule has 0 amide bonds. The third-order valence-electron chi connectivity index (χ3n) is 5.41. The molecule has 5 nitrogen and oxygen atoms in total. The summed E-state index contributed by atoms with van der Waals surface area (Å²) in [6, 6.07) is 11.8. The summed E-state index contributed by atoms with van der Waals surface area (Å²) >= 11 is 5.94. The summed E-state index contributed by atoms with van der Waals surface area (Å²) in [7, 11) is -3.69. The Kier molecular flexibility index (Phi) is 5.30. The van der Waals surface area contributed by atoms with Gasteiger partial charge >= 0.3 is 0 Å². The lowest BCUT2D eigenvalue weighted by atomic mass is 9.77. The Bertz CT molecular complexity index is 927. The molecule has 2 aromatic rings. The Morgan fingerprint density at radius 1 is 1.07 bits per heavy atom. The summed E-state index contributed by atoms with van der Waals surface area (Å²) in [5.74, 6) is 1.88. The van der Waals surface area contributed by atoms with Crippen LogP contribution in [0.2, 0.25) is 5.02 Å². The highest BCUT2D eigenvalue weighted by molar-refractivity contribution is 7.92. The highest BCUT2D eigenvalue weighted by Gasteiger charge is 2.30. The van der Waals surface area contributed by atoms with Crippen molar-refractivity contribution in [2.45, 2.75) is 30.1 Å². The number of halogens is 1. The van der Waals surface area contributed by atoms with E-state index in [2.05, 4.69) is 10.0 Å². The number of fused-ring (bicyclic) bond motifs is 1. The molecule has 2 aliphatic rings. The molecule has 0 aromatic heterocycles. The molecule has 144 valence electrons. The molecular weight excluding hydrogens is 384 g/mol. The number of ether oxygens (including phenoxy) is 1. The molecule has 0 saturated carbocycles. The zero-order chi connectivity index (χ0) is 18.9. The molecule has 0 radical (unpaired) electrons. The number of anilines is 1. The van der Waals surface area contributed by atoms with Crippen molar-refractivity contribution in [2.24, 2.45) is 5.92 Å². The van der Waals surface area contributed by atoms with Gasteiger partial charge < -0.3 is 10.1 Å². The molecule has 0 aliphatic carbocycles. The second-order valence-electron chi connectivity index (χ2n) is 7.15. The molecule has 2 heterocycles. The Balaban J connectivity index is 1.61. The molecule has 1 unspecified atom stereocenters. The van der Waals surface area contributed by atoms with E-state index in [-0.39, 0.29) is 4.90 Å². The Hall–Kier alpha value is -1.76. The molecular formula is C20H23ClN2O3S. The fourth-order valence-corrected chi connectivity index (χ4v) is 5.42. The molecule has 2 N–H and O–H groups in total. The number of sulfonamides is 1. The SMILES string of the molecule is O=S(=O)(Nc1ccc2c(c1)C(C1CCNCC1)CCO2)c1cccc(Cl)c1. The van der Waals surface area contributed by atoms with E-state index in [1.807, 2.05) is 12.1 Å². The van der Waals surface area contributed by atoms with Crippen molar-refractivity contribution in [3.8, 4) is 5.75 Å². The van der Waals surface area contributed by atoms with Crippen LogP contribution in [0, 0.1) is 5.92 Å². The van der Waals surface area contributed by atoms with Crippen LogP contribution in [0.4, 0.5) is 5.69 Å². The van der Waals surface area contributed by atoms with Gasteiger partial charge in [-0.05, 0) is 86.1 Å². The van der Waals surface area contributed by atoms with Gasteiger partial charge in [0.1, 0.15) is 5.75 Å². The first-order valence-electron chi connectivity index (χ1n) is 9.29. The van der Waals surface area contributed by atoms with E-state index in [1.165, 1.54) is 12.1 Å². The van der Waals surface area contributed by atoms with Crippen LogP contribution in [0.3, 0.4) is 0 Å². The second-order valence-corrected chi connectivity index (χ2v) is 9.27. The third kappa shape index (κ3) is 4.08. The van der Waals surface area contributed by atoms with Crippen LogP contribution < -0.4 is 14.8 Å². The summed E-state index contributed by atoms with van der Waals surface area (Å²) in [5, 5.41) is 3.80. The lowest BCUT2D eigenvalue weighted by Crippen LogP contribution is -2.32. The van der Waals surface area contributed by atoms with Crippen LogP contribution in [0.5, 0.6) is 5.75 Å². The average Bonchev–Trinajstić information content (AvgIpc) is 2.68. The van der Waals surface area contributed by atoms with Crippen LogP contribution in [0.25, 0.3) is 0 Å². The van der Waals surface area contributed by atoms with E-state index in [1.54, 1.807) is 18.2 Å². The smallest absolute Gasteiger partial charge is 0.261 e. The van der Waals surface area contributed by atoms with Crippen molar-refractivity contribution < 1.29 is 13.2 Å². The van der Waals surface area contributed by atoms with E-state index in [0.29, 0.717) is 22.5 Å². The summed E-state index contributed by atoms with van der Waals surface area (Å²) < 4.78 is 33.9. The van der Waals surface area contributed by atoms with E-state index >= 15 is 0 Å².